The summed E-state index contributed by atoms with van der Waals surface area (Å²) in [5.74, 6) is 0. The molecule has 0 saturated heterocycles. The standard InChI is InChI=1S/2C7H9.Fe/c2*1-6-4-3-5-7(6)2;/h2*3-5H,1-2H3;/q2*-1;+2. The summed E-state index contributed by atoms with van der Waals surface area (Å²) in [4.78, 5) is 0. The normalized spacial score (nSPS) is 8.80. The summed E-state index contributed by atoms with van der Waals surface area (Å²) in [6, 6.07) is 12.6. The molecule has 0 aliphatic carbocycles. The Balaban J connectivity index is 0.000000245. The summed E-state index contributed by atoms with van der Waals surface area (Å²) in [6.07, 6.45) is 0. The van der Waals surface area contributed by atoms with Gasteiger partial charge in [-0.2, -0.15) is 34.4 Å². The van der Waals surface area contributed by atoms with Crippen molar-refractivity contribution in [3.8, 4) is 0 Å². The first kappa shape index (κ1) is 14.2. The van der Waals surface area contributed by atoms with E-state index in [2.05, 4.69) is 64.1 Å². The molecule has 0 N–H and O–H groups in total. The maximum absolute atomic E-state index is 2.12. The van der Waals surface area contributed by atoms with Crippen LogP contribution in [0.5, 0.6) is 0 Å². The van der Waals surface area contributed by atoms with Crippen molar-refractivity contribution in [2.75, 3.05) is 0 Å². The Morgan fingerprint density at radius 2 is 1.13 bits per heavy atom. The second-order valence-electron chi connectivity index (χ2n) is 3.78. The van der Waals surface area contributed by atoms with Crippen LogP contribution < -0.4 is 0 Å². The van der Waals surface area contributed by atoms with E-state index in [1.54, 1.807) is 0 Å². The fraction of sp³-hybridized carbons (Fsp3) is 0.286. The van der Waals surface area contributed by atoms with Crippen molar-refractivity contribution in [3.63, 3.8) is 0 Å². The van der Waals surface area contributed by atoms with E-state index >= 15 is 0 Å². The number of aryl methyl sites for hydroxylation is 4. The number of hydrogen-bond acceptors (Lipinski definition) is 0. The first-order valence-corrected chi connectivity index (χ1v) is 4.99. The molecule has 0 fully saturated rings. The predicted molar refractivity (Wildman–Crippen MR) is 63.0 cm³/mol. The topological polar surface area (TPSA) is 0 Å². The van der Waals surface area contributed by atoms with Crippen LogP contribution in [0, 0.1) is 27.7 Å². The van der Waals surface area contributed by atoms with E-state index in [0.717, 1.165) is 0 Å². The van der Waals surface area contributed by atoms with Gasteiger partial charge in [-0.25, -0.2) is 24.3 Å². The van der Waals surface area contributed by atoms with Gasteiger partial charge in [0.05, 0.1) is 0 Å². The third kappa shape index (κ3) is 4.50. The van der Waals surface area contributed by atoms with Crippen molar-refractivity contribution in [3.05, 3.63) is 58.7 Å². The van der Waals surface area contributed by atoms with Crippen molar-refractivity contribution in [1.82, 2.24) is 0 Å². The molecule has 0 heterocycles. The van der Waals surface area contributed by atoms with Gasteiger partial charge in [-0.15, -0.1) is 0 Å². The predicted octanol–water partition coefficient (Wildman–Crippen LogP) is 4.04. The Kier molecular flexibility index (Phi) is 6.31. The van der Waals surface area contributed by atoms with Gasteiger partial charge in [0.15, 0.2) is 0 Å². The van der Waals surface area contributed by atoms with E-state index in [4.69, 9.17) is 0 Å². The summed E-state index contributed by atoms with van der Waals surface area (Å²) in [6.45, 7) is 8.48. The summed E-state index contributed by atoms with van der Waals surface area (Å²) in [5, 5.41) is 0. The van der Waals surface area contributed by atoms with Crippen molar-refractivity contribution < 1.29 is 17.1 Å². The Hall–Kier alpha value is -0.781. The van der Waals surface area contributed by atoms with Crippen LogP contribution in [-0.2, 0) is 17.1 Å². The minimum atomic E-state index is 0. The van der Waals surface area contributed by atoms with Gasteiger partial charge >= 0.3 is 17.1 Å². The minimum Gasteiger partial charge on any atom is -0.213 e. The number of rotatable bonds is 0. The molecule has 15 heavy (non-hydrogen) atoms. The molecule has 2 aromatic rings. The molecule has 2 rings (SSSR count). The third-order valence-electron chi connectivity index (χ3n) is 2.63. The van der Waals surface area contributed by atoms with E-state index in [9.17, 15) is 0 Å². The Morgan fingerprint density at radius 1 is 0.800 bits per heavy atom. The summed E-state index contributed by atoms with van der Waals surface area (Å²) < 4.78 is 0. The van der Waals surface area contributed by atoms with Gasteiger partial charge in [-0.05, 0) is 0 Å². The van der Waals surface area contributed by atoms with E-state index in [0.29, 0.717) is 0 Å². The van der Waals surface area contributed by atoms with Gasteiger partial charge in [0, 0.05) is 0 Å². The second-order valence-corrected chi connectivity index (χ2v) is 3.78. The quantitative estimate of drug-likeness (QED) is 0.483. The summed E-state index contributed by atoms with van der Waals surface area (Å²) in [7, 11) is 0. The molecule has 0 aliphatic rings. The summed E-state index contributed by atoms with van der Waals surface area (Å²) in [5.41, 5.74) is 5.56. The minimum absolute atomic E-state index is 0. The van der Waals surface area contributed by atoms with Gasteiger partial charge in [-0.1, -0.05) is 27.7 Å². The fourth-order valence-electron chi connectivity index (χ4n) is 1.20. The molecule has 0 nitrogen and oxygen atoms in total. The molecule has 0 bridgehead atoms. The van der Waals surface area contributed by atoms with Crippen LogP contribution >= 0.6 is 0 Å². The molecule has 2 aromatic carbocycles. The molecule has 0 saturated carbocycles. The molecule has 0 amide bonds. The van der Waals surface area contributed by atoms with Crippen LogP contribution in [0.15, 0.2) is 36.4 Å². The Bertz CT molecular complexity index is 308. The van der Waals surface area contributed by atoms with Crippen LogP contribution in [0.1, 0.15) is 22.3 Å². The molecule has 0 atom stereocenters. The van der Waals surface area contributed by atoms with E-state index in [1.807, 2.05) is 0 Å². The van der Waals surface area contributed by atoms with Gasteiger partial charge in [0.25, 0.3) is 0 Å². The maximum atomic E-state index is 2.12. The summed E-state index contributed by atoms with van der Waals surface area (Å²) >= 11 is 0. The zero-order valence-corrected chi connectivity index (χ0v) is 10.9. The van der Waals surface area contributed by atoms with E-state index in [1.165, 1.54) is 22.3 Å². The molecule has 0 aliphatic heterocycles. The van der Waals surface area contributed by atoms with Crippen LogP contribution in [0.3, 0.4) is 0 Å². The SMILES string of the molecule is Cc1ccc[c-]1C.Cc1ccc[c-]1C.[Fe+2]. The molecule has 0 spiro atoms. The first-order valence-electron chi connectivity index (χ1n) is 4.99. The zero-order valence-electron chi connectivity index (χ0n) is 9.82. The third-order valence-corrected chi connectivity index (χ3v) is 2.63. The second kappa shape index (κ2) is 6.66. The van der Waals surface area contributed by atoms with Gasteiger partial charge in [0.2, 0.25) is 0 Å². The maximum Gasteiger partial charge on any atom is 2.00 e. The van der Waals surface area contributed by atoms with E-state index in [-0.39, 0.29) is 17.1 Å². The molecular formula is C14H18Fe. The van der Waals surface area contributed by atoms with Gasteiger partial charge in [0.1, 0.15) is 0 Å². The molecule has 0 aromatic heterocycles. The van der Waals surface area contributed by atoms with Crippen molar-refractivity contribution in [2.45, 2.75) is 27.7 Å². The van der Waals surface area contributed by atoms with Crippen LogP contribution in [-0.4, -0.2) is 0 Å². The van der Waals surface area contributed by atoms with Gasteiger partial charge in [-0.3, -0.25) is 0 Å². The van der Waals surface area contributed by atoms with Gasteiger partial charge < -0.3 is 0 Å². The average Bonchev–Trinajstić information content (AvgIpc) is 2.67. The van der Waals surface area contributed by atoms with Crippen molar-refractivity contribution in [2.24, 2.45) is 0 Å². The largest absolute Gasteiger partial charge is 2.00 e. The fourth-order valence-corrected chi connectivity index (χ4v) is 1.20. The van der Waals surface area contributed by atoms with Crippen LogP contribution in [0.2, 0.25) is 0 Å². The Labute approximate surface area is 104 Å². The smallest absolute Gasteiger partial charge is 0.213 e. The van der Waals surface area contributed by atoms with Crippen molar-refractivity contribution in [1.29, 1.82) is 0 Å². The zero-order chi connectivity index (χ0) is 10.6. The molecule has 0 unspecified atom stereocenters. The monoisotopic (exact) mass is 242 g/mol. The number of hydrogen-bond donors (Lipinski definition) is 0. The molecular weight excluding hydrogens is 224 g/mol. The van der Waals surface area contributed by atoms with Crippen LogP contribution in [0.25, 0.3) is 0 Å². The van der Waals surface area contributed by atoms with Crippen LogP contribution in [0.4, 0.5) is 0 Å². The first-order chi connectivity index (χ1) is 6.61. The average molecular weight is 242 g/mol. The molecule has 0 radical (unpaired) electrons. The van der Waals surface area contributed by atoms with Crippen molar-refractivity contribution >= 4 is 0 Å². The molecule has 82 valence electrons. The molecule has 1 heteroatoms. The van der Waals surface area contributed by atoms with E-state index < -0.39 is 0 Å². The Morgan fingerprint density at radius 3 is 1.20 bits per heavy atom.